The van der Waals surface area contributed by atoms with Gasteiger partial charge in [-0.25, -0.2) is 27.5 Å². The van der Waals surface area contributed by atoms with Gasteiger partial charge >= 0.3 is 0 Å². The topological polar surface area (TPSA) is 115 Å². The van der Waals surface area contributed by atoms with Gasteiger partial charge < -0.3 is 24.3 Å². The molecule has 0 aliphatic carbocycles. The van der Waals surface area contributed by atoms with Crippen LogP contribution in [0, 0.1) is 11.6 Å². The molecular weight excluding hydrogens is 558 g/mol. The first-order chi connectivity index (χ1) is 20.2. The van der Waals surface area contributed by atoms with Gasteiger partial charge in [-0.2, -0.15) is 0 Å². The van der Waals surface area contributed by atoms with Crippen molar-refractivity contribution in [1.29, 1.82) is 0 Å². The lowest BCUT2D eigenvalue weighted by atomic mass is 10.0. The van der Waals surface area contributed by atoms with Gasteiger partial charge in [-0.3, -0.25) is 9.97 Å². The van der Waals surface area contributed by atoms with Crippen LogP contribution in [0.4, 0.5) is 17.6 Å². The molecule has 0 radical (unpaired) electrons. The lowest BCUT2D eigenvalue weighted by Crippen LogP contribution is -2.10. The Kier molecular flexibility index (Phi) is 8.71. The molecule has 0 unspecified atom stereocenters. The summed E-state index contributed by atoms with van der Waals surface area (Å²) in [6.07, 6.45) is -2.33. The lowest BCUT2D eigenvalue weighted by Gasteiger charge is -2.12. The first-order valence-corrected chi connectivity index (χ1v) is 12.7. The zero-order valence-corrected chi connectivity index (χ0v) is 22.2. The number of methoxy groups -OCH3 is 1. The summed E-state index contributed by atoms with van der Waals surface area (Å²) in [5, 5.41) is 19.1. The number of aliphatic hydroxyl groups is 2. The molecule has 3 aromatic heterocycles. The van der Waals surface area contributed by atoms with Crippen molar-refractivity contribution in [2.75, 3.05) is 13.7 Å². The van der Waals surface area contributed by atoms with Gasteiger partial charge in [0.2, 0.25) is 5.88 Å². The van der Waals surface area contributed by atoms with Gasteiger partial charge in [0.05, 0.1) is 41.4 Å². The van der Waals surface area contributed by atoms with E-state index in [0.717, 1.165) is 24.5 Å². The van der Waals surface area contributed by atoms with Crippen molar-refractivity contribution in [3.05, 3.63) is 101 Å². The van der Waals surface area contributed by atoms with Crippen molar-refractivity contribution in [3.8, 4) is 17.1 Å². The molecule has 9 nitrogen and oxygen atoms in total. The molecule has 218 valence electrons. The molecule has 0 fully saturated rings. The minimum Gasteiger partial charge on any atom is -0.471 e. The summed E-state index contributed by atoms with van der Waals surface area (Å²) < 4.78 is 68.5. The average Bonchev–Trinajstić information content (AvgIpc) is 3.32. The molecule has 13 heteroatoms. The van der Waals surface area contributed by atoms with Crippen molar-refractivity contribution in [3.63, 3.8) is 0 Å². The van der Waals surface area contributed by atoms with E-state index in [1.807, 2.05) is 0 Å². The Balaban J connectivity index is 1.38. The van der Waals surface area contributed by atoms with Crippen LogP contribution in [0.3, 0.4) is 0 Å². The van der Waals surface area contributed by atoms with Gasteiger partial charge in [-0.05, 0) is 35.9 Å². The van der Waals surface area contributed by atoms with E-state index >= 15 is 8.78 Å². The highest BCUT2D eigenvalue weighted by Gasteiger charge is 2.18. The Bertz CT molecular complexity index is 1700. The normalized spacial score (nSPS) is 11.6. The van der Waals surface area contributed by atoms with Gasteiger partial charge in [-0.15, -0.1) is 0 Å². The van der Waals surface area contributed by atoms with Crippen LogP contribution >= 0.6 is 0 Å². The Hall–Kier alpha value is -4.46. The third-order valence-corrected chi connectivity index (χ3v) is 6.47. The molecule has 5 rings (SSSR count). The summed E-state index contributed by atoms with van der Waals surface area (Å²) in [4.78, 5) is 16.3. The van der Waals surface area contributed by atoms with Gasteiger partial charge in [0, 0.05) is 37.3 Å². The van der Waals surface area contributed by atoms with Gasteiger partial charge in [-0.1, -0.05) is 12.1 Å². The fourth-order valence-corrected chi connectivity index (χ4v) is 4.35. The summed E-state index contributed by atoms with van der Waals surface area (Å²) >= 11 is 0. The van der Waals surface area contributed by atoms with Crippen LogP contribution in [0.1, 0.15) is 41.1 Å². The molecular formula is C29H25F4N5O4. The van der Waals surface area contributed by atoms with E-state index in [9.17, 15) is 19.0 Å². The van der Waals surface area contributed by atoms with Crippen molar-refractivity contribution < 1.29 is 37.2 Å². The quantitative estimate of drug-likeness (QED) is 0.167. The van der Waals surface area contributed by atoms with Crippen molar-refractivity contribution in [1.82, 2.24) is 24.5 Å². The zero-order valence-electron chi connectivity index (χ0n) is 22.2. The standard InChI is InChI=1S/C29H25F4N5O4/c1-41-8-7-38-25-10-16(29(39)40)5-6-23(25)36-26(38)11-17-9-21(31)19(12-20(17)30)22-3-2-4-27(37-22)42-15-18-13-35-24(14-34-18)28(32)33/h2-6,9-10,12-14,28-29,39-40H,7-8,11,15H2,1H3. The lowest BCUT2D eigenvalue weighted by molar-refractivity contribution is -0.0424. The number of ether oxygens (including phenoxy) is 2. The van der Waals surface area contributed by atoms with Gasteiger partial charge in [0.25, 0.3) is 6.43 Å². The summed E-state index contributed by atoms with van der Waals surface area (Å²) in [7, 11) is 1.53. The number of nitrogens with zero attached hydrogens (tertiary/aromatic N) is 5. The number of pyridine rings is 1. The number of hydrogen-bond acceptors (Lipinski definition) is 8. The van der Waals surface area contributed by atoms with E-state index in [0.29, 0.717) is 30.0 Å². The minimum atomic E-state index is -2.74. The number of rotatable bonds is 11. The smallest absolute Gasteiger partial charge is 0.281 e. The predicted octanol–water partition coefficient (Wildman–Crippen LogP) is 4.90. The Labute approximate surface area is 237 Å². The van der Waals surface area contributed by atoms with E-state index in [1.54, 1.807) is 22.8 Å². The largest absolute Gasteiger partial charge is 0.471 e. The van der Waals surface area contributed by atoms with Crippen LogP contribution in [-0.4, -0.2) is 48.4 Å². The molecule has 0 amide bonds. The van der Waals surface area contributed by atoms with E-state index in [-0.39, 0.29) is 47.0 Å². The molecule has 2 aromatic carbocycles. The van der Waals surface area contributed by atoms with Crippen molar-refractivity contribution >= 4 is 11.0 Å². The van der Waals surface area contributed by atoms with Crippen molar-refractivity contribution in [2.24, 2.45) is 0 Å². The number of fused-ring (bicyclic) bond motifs is 1. The second-order valence-corrected chi connectivity index (χ2v) is 9.28. The second kappa shape index (κ2) is 12.6. The maximum Gasteiger partial charge on any atom is 0.281 e. The fraction of sp³-hybridized carbons (Fsp3) is 0.241. The molecule has 2 N–H and O–H groups in total. The van der Waals surface area contributed by atoms with Crippen LogP contribution in [-0.2, 0) is 24.3 Å². The molecule has 0 spiro atoms. The Morgan fingerprint density at radius 3 is 2.50 bits per heavy atom. The average molecular weight is 584 g/mol. The Morgan fingerprint density at radius 2 is 1.79 bits per heavy atom. The van der Waals surface area contributed by atoms with E-state index in [4.69, 9.17) is 9.47 Å². The summed E-state index contributed by atoms with van der Waals surface area (Å²) in [6.45, 7) is 0.553. The van der Waals surface area contributed by atoms with Crippen LogP contribution in [0.25, 0.3) is 22.3 Å². The molecule has 0 bridgehead atoms. The van der Waals surface area contributed by atoms with E-state index < -0.39 is 30.0 Å². The zero-order chi connectivity index (χ0) is 29.8. The third-order valence-electron chi connectivity index (χ3n) is 6.47. The monoisotopic (exact) mass is 583 g/mol. The summed E-state index contributed by atoms with van der Waals surface area (Å²) in [5.74, 6) is -0.855. The molecule has 0 aliphatic rings. The second-order valence-electron chi connectivity index (χ2n) is 9.28. The van der Waals surface area contributed by atoms with Gasteiger partial charge in [0.1, 0.15) is 29.8 Å². The fourth-order valence-electron chi connectivity index (χ4n) is 4.35. The molecule has 42 heavy (non-hydrogen) atoms. The minimum absolute atomic E-state index is 0.0413. The highest BCUT2D eigenvalue weighted by molar-refractivity contribution is 5.77. The maximum absolute atomic E-state index is 15.3. The molecule has 5 aromatic rings. The van der Waals surface area contributed by atoms with Gasteiger partial charge in [0.15, 0.2) is 6.29 Å². The molecule has 3 heterocycles. The van der Waals surface area contributed by atoms with Crippen molar-refractivity contribution in [2.45, 2.75) is 32.3 Å². The maximum atomic E-state index is 15.3. The highest BCUT2D eigenvalue weighted by Crippen LogP contribution is 2.28. The first kappa shape index (κ1) is 29.0. The third kappa shape index (κ3) is 6.38. The summed E-state index contributed by atoms with van der Waals surface area (Å²) in [6, 6.07) is 11.4. The van der Waals surface area contributed by atoms with E-state index in [2.05, 4.69) is 19.9 Å². The van der Waals surface area contributed by atoms with Crippen LogP contribution in [0.5, 0.6) is 5.88 Å². The van der Waals surface area contributed by atoms with Crippen LogP contribution in [0.2, 0.25) is 0 Å². The molecule has 0 saturated heterocycles. The highest BCUT2D eigenvalue weighted by atomic mass is 19.3. The number of aliphatic hydroxyl groups excluding tert-OH is 1. The summed E-state index contributed by atoms with van der Waals surface area (Å²) in [5.41, 5.74) is 1.35. The molecule has 0 atom stereocenters. The molecule has 0 aliphatic heterocycles. The number of hydrogen-bond donors (Lipinski definition) is 2. The number of halogens is 4. The number of aromatic nitrogens is 5. The van der Waals surface area contributed by atoms with Crippen LogP contribution in [0.15, 0.2) is 60.9 Å². The Morgan fingerprint density at radius 1 is 0.952 bits per heavy atom. The first-order valence-electron chi connectivity index (χ1n) is 12.7. The van der Waals surface area contributed by atoms with Crippen LogP contribution < -0.4 is 4.74 Å². The predicted molar refractivity (Wildman–Crippen MR) is 143 cm³/mol. The number of alkyl halides is 2. The molecule has 0 saturated carbocycles. The number of imidazole rings is 1. The number of benzene rings is 2. The van der Waals surface area contributed by atoms with E-state index in [1.165, 1.54) is 25.3 Å². The SMILES string of the molecule is COCCn1c(Cc2cc(F)c(-c3cccc(OCc4cnc(C(F)F)cn4)n3)cc2F)nc2ccc(C(O)O)cc21.